The van der Waals surface area contributed by atoms with Gasteiger partial charge < -0.3 is 53.8 Å². The zero-order valence-electron chi connectivity index (χ0n) is 39.8. The molecule has 2 rings (SSSR count). The SMILES string of the molecule is CC(C)(C)OC(=O)CCN.CC(C)(C)OC(=O)CCNC(=O)C1N(C=O)C(C)(C)SC1(C)C.CC1(C)CN(C=O)C(C)(C)S1.CCNC(=O)C([NH3+])C(C)(C)S.O=C=O.O=C=O.[Cl-]. The van der Waals surface area contributed by atoms with Crippen LogP contribution in [0.3, 0.4) is 0 Å². The first-order valence-electron chi connectivity index (χ1n) is 19.4. The smallest absolute Gasteiger partial charge is 0.373 e. The number of carbonyl (C=O) groups excluding carboxylic acids is 10. The highest BCUT2D eigenvalue weighted by atomic mass is 35.5. The topological polar surface area (TPSA) is 273 Å². The maximum Gasteiger partial charge on any atom is 0.373 e. The number of ether oxygens (including phenoxy) is 2. The summed E-state index contributed by atoms with van der Waals surface area (Å²) in [6.45, 7) is 34.8. The Morgan fingerprint density at radius 2 is 1.23 bits per heavy atom. The first-order valence-corrected chi connectivity index (χ1v) is 21.5. The number of nitrogens with one attached hydrogen (secondary N) is 2. The van der Waals surface area contributed by atoms with Crippen molar-refractivity contribution < 1.29 is 75.6 Å². The van der Waals surface area contributed by atoms with Gasteiger partial charge in [-0.05, 0) is 118 Å². The van der Waals surface area contributed by atoms with Crippen molar-refractivity contribution in [3.8, 4) is 0 Å². The summed E-state index contributed by atoms with van der Waals surface area (Å²) >= 11 is 7.69. The number of nitrogens with zero attached hydrogens (tertiary/aromatic N) is 2. The quantitative estimate of drug-likeness (QED) is 0.100. The summed E-state index contributed by atoms with van der Waals surface area (Å²) in [4.78, 5) is 104. The highest BCUT2D eigenvalue weighted by molar-refractivity contribution is 8.02. The first kappa shape index (κ1) is 67.9. The maximum absolute atomic E-state index is 12.5. The molecule has 22 heteroatoms. The molecule has 7 N–H and O–H groups in total. The number of nitrogens with two attached hydrogens (primary N) is 1. The van der Waals surface area contributed by atoms with Crippen LogP contribution in [0.4, 0.5) is 0 Å². The van der Waals surface area contributed by atoms with Crippen molar-refractivity contribution in [2.24, 2.45) is 5.73 Å². The molecule has 2 saturated heterocycles. The number of amides is 4. The Hall–Kier alpha value is -3.16. The summed E-state index contributed by atoms with van der Waals surface area (Å²) in [6, 6.07) is -0.871. The molecule has 0 bridgehead atoms. The molecule has 2 aliphatic heterocycles. The summed E-state index contributed by atoms with van der Waals surface area (Å²) < 4.78 is 9.62. The van der Waals surface area contributed by atoms with Crippen molar-refractivity contribution in [3.63, 3.8) is 0 Å². The second-order valence-corrected chi connectivity index (χ2v) is 23.8. The van der Waals surface area contributed by atoms with Crippen molar-refractivity contribution in [3.05, 3.63) is 0 Å². The molecule has 0 saturated carbocycles. The van der Waals surface area contributed by atoms with Crippen LogP contribution in [-0.2, 0) is 57.4 Å². The van der Waals surface area contributed by atoms with E-state index in [0.29, 0.717) is 19.5 Å². The molecule has 18 nitrogen and oxygen atoms in total. The largest absolute Gasteiger partial charge is 1.00 e. The molecule has 2 aliphatic rings. The second kappa shape index (κ2) is 30.1. The number of hydrogen-bond donors (Lipinski definition) is 5. The van der Waals surface area contributed by atoms with E-state index >= 15 is 0 Å². The fourth-order valence-electron chi connectivity index (χ4n) is 5.47. The fraction of sp³-hybridized carbons (Fsp3) is 0.800. The number of thioether (sulfide) groups is 2. The van der Waals surface area contributed by atoms with Gasteiger partial charge in [-0.1, -0.05) is 0 Å². The minimum atomic E-state index is -0.571. The zero-order valence-corrected chi connectivity index (χ0v) is 43.1. The minimum absolute atomic E-state index is 0. The van der Waals surface area contributed by atoms with E-state index in [-0.39, 0.29) is 87.4 Å². The number of likely N-dealkylation sites (N-methyl/N-ethyl adjacent to an activating group) is 1. The molecule has 2 heterocycles. The van der Waals surface area contributed by atoms with E-state index in [1.807, 2.05) is 85.9 Å². The average Bonchev–Trinajstić information content (AvgIpc) is 3.39. The summed E-state index contributed by atoms with van der Waals surface area (Å²) in [5.74, 6) is -0.864. The van der Waals surface area contributed by atoms with Crippen LogP contribution in [0.1, 0.15) is 131 Å². The number of rotatable bonds is 11. The normalized spacial score (nSPS) is 17.8. The highest BCUT2D eigenvalue weighted by Gasteiger charge is 2.54. The number of thiol groups is 1. The maximum atomic E-state index is 12.5. The van der Waals surface area contributed by atoms with Gasteiger partial charge in [-0.25, -0.2) is 0 Å². The third-order valence-electron chi connectivity index (χ3n) is 7.67. The molecule has 362 valence electrons. The third-order valence-corrected chi connectivity index (χ3v) is 10.9. The molecule has 0 spiro atoms. The lowest BCUT2D eigenvalue weighted by atomic mass is 10.00. The van der Waals surface area contributed by atoms with E-state index in [2.05, 4.69) is 56.7 Å². The van der Waals surface area contributed by atoms with Crippen LogP contribution in [0, 0.1) is 0 Å². The average molecular weight is 964 g/mol. The molecule has 62 heavy (non-hydrogen) atoms. The predicted molar refractivity (Wildman–Crippen MR) is 237 cm³/mol. The van der Waals surface area contributed by atoms with Gasteiger partial charge in [0.15, 0.2) is 6.04 Å². The Labute approximate surface area is 389 Å². The molecule has 2 unspecified atom stereocenters. The van der Waals surface area contributed by atoms with Gasteiger partial charge in [0.2, 0.25) is 18.7 Å². The fourth-order valence-corrected chi connectivity index (χ4v) is 9.24. The van der Waals surface area contributed by atoms with E-state index in [1.54, 1.807) is 37.4 Å². The Balaban J connectivity index is -0.000000236. The Morgan fingerprint density at radius 3 is 1.52 bits per heavy atom. The monoisotopic (exact) mass is 962 g/mol. The van der Waals surface area contributed by atoms with Crippen molar-refractivity contribution in [2.45, 2.75) is 178 Å². The lowest BCUT2D eigenvalue weighted by Gasteiger charge is -2.31. The number of quaternary nitrogens is 1. The van der Waals surface area contributed by atoms with Crippen LogP contribution >= 0.6 is 36.2 Å². The molecule has 2 atom stereocenters. The number of esters is 2. The highest BCUT2D eigenvalue weighted by Crippen LogP contribution is 2.50. The lowest BCUT2D eigenvalue weighted by Crippen LogP contribution is -3.00. The summed E-state index contributed by atoms with van der Waals surface area (Å²) in [5.41, 5.74) is 7.97. The molecular formula is C40H75ClN6O12S3. The van der Waals surface area contributed by atoms with Gasteiger partial charge >= 0.3 is 24.2 Å². The Bertz CT molecular complexity index is 1460. The van der Waals surface area contributed by atoms with Crippen LogP contribution in [0.5, 0.6) is 0 Å². The lowest BCUT2D eigenvalue weighted by molar-refractivity contribution is -0.409. The van der Waals surface area contributed by atoms with Crippen LogP contribution in [0.25, 0.3) is 0 Å². The van der Waals surface area contributed by atoms with Crippen molar-refractivity contribution in [1.29, 1.82) is 0 Å². The Kier molecular flexibility index (Phi) is 32.9. The predicted octanol–water partition coefficient (Wildman–Crippen LogP) is -0.415. The minimum Gasteiger partial charge on any atom is -1.00 e. The van der Waals surface area contributed by atoms with Crippen LogP contribution in [-0.4, -0.2) is 132 Å². The molecule has 0 aromatic rings. The zero-order chi connectivity index (χ0) is 49.4. The standard InChI is InChI=1S/C16H28N2O4S.C8H15NOS.C7H16N2OS.C7H15NO2.2CO2.ClH/c1-14(2,3)22-11(20)8-9-17-13(21)12-15(4,5)23-16(6,7)18(12)10-19;1-7(2)5-9(6-10)8(3,4)11-7;1-4-9-6(10)5(8)7(2,3)11;1-7(2,3)10-6(9)4-5-8;2*2-1-3;/h10,12H,8-9H2,1-7H3,(H,17,21);6H,5H2,1-4H3;5,11H,4,8H2,1-3H3,(H,9,10);4-5,8H2,1-3H3;;;1H. The van der Waals surface area contributed by atoms with E-state index in [0.717, 1.165) is 19.4 Å². The second-order valence-electron chi connectivity index (χ2n) is 18.1. The van der Waals surface area contributed by atoms with Gasteiger partial charge in [0.05, 0.1) is 27.3 Å². The van der Waals surface area contributed by atoms with Crippen molar-refractivity contribution >= 4 is 85.0 Å². The van der Waals surface area contributed by atoms with Crippen LogP contribution in [0.2, 0.25) is 0 Å². The van der Waals surface area contributed by atoms with E-state index < -0.39 is 21.3 Å². The number of hydrogen-bond acceptors (Lipinski definition) is 16. The van der Waals surface area contributed by atoms with Crippen molar-refractivity contribution in [1.82, 2.24) is 20.4 Å². The van der Waals surface area contributed by atoms with Gasteiger partial charge in [0.25, 0.3) is 5.91 Å². The number of carbonyl (C=O) groups is 6. The van der Waals surface area contributed by atoms with Gasteiger partial charge in [0.1, 0.15) is 17.2 Å². The molecule has 0 aromatic carbocycles. The van der Waals surface area contributed by atoms with Gasteiger partial charge in [-0.3, -0.25) is 28.8 Å². The van der Waals surface area contributed by atoms with Gasteiger partial charge in [-0.2, -0.15) is 31.8 Å². The first-order chi connectivity index (χ1) is 27.3. The summed E-state index contributed by atoms with van der Waals surface area (Å²) in [6.07, 6.45) is 2.58. The Morgan fingerprint density at radius 1 is 0.806 bits per heavy atom. The molecule has 4 amide bonds. The van der Waals surface area contributed by atoms with E-state index in [4.69, 9.17) is 34.4 Å². The molecule has 0 aromatic heterocycles. The summed E-state index contributed by atoms with van der Waals surface area (Å²) in [5, 5.41) is 5.45. The summed E-state index contributed by atoms with van der Waals surface area (Å²) in [7, 11) is 0. The van der Waals surface area contributed by atoms with E-state index in [1.165, 1.54) is 0 Å². The number of halogens is 1. The van der Waals surface area contributed by atoms with E-state index in [9.17, 15) is 28.8 Å². The van der Waals surface area contributed by atoms with Crippen molar-refractivity contribution in [2.75, 3.05) is 26.2 Å². The van der Waals surface area contributed by atoms with Gasteiger partial charge in [0, 0.05) is 35.7 Å². The molecule has 2 fully saturated rings. The molecule has 0 aliphatic carbocycles. The molecular weight excluding hydrogens is 888 g/mol. The van der Waals surface area contributed by atoms with Crippen LogP contribution < -0.4 is 34.5 Å². The third kappa shape index (κ3) is 30.8. The van der Waals surface area contributed by atoms with Gasteiger partial charge in [-0.15, -0.1) is 23.5 Å². The molecule has 0 radical (unpaired) electrons. The van der Waals surface area contributed by atoms with Crippen LogP contribution in [0.15, 0.2) is 0 Å².